The van der Waals surface area contributed by atoms with Gasteiger partial charge in [-0.1, -0.05) is 6.07 Å². The van der Waals surface area contributed by atoms with E-state index in [0.29, 0.717) is 17.0 Å². The molecular formula is C22H23N3O6S2. The maximum absolute atomic E-state index is 12.6. The largest absolute Gasteiger partial charge is 0.497 e. The van der Waals surface area contributed by atoms with Crippen LogP contribution >= 0.6 is 0 Å². The van der Waals surface area contributed by atoms with Gasteiger partial charge in [-0.25, -0.2) is 21.6 Å². The lowest BCUT2D eigenvalue weighted by Crippen LogP contribution is -2.20. The van der Waals surface area contributed by atoms with Gasteiger partial charge in [-0.15, -0.1) is 0 Å². The quantitative estimate of drug-likeness (QED) is 0.446. The molecule has 11 heteroatoms. The van der Waals surface area contributed by atoms with Crippen molar-refractivity contribution in [2.45, 2.75) is 16.7 Å². The van der Waals surface area contributed by atoms with Crippen molar-refractivity contribution in [2.75, 3.05) is 24.2 Å². The molecule has 33 heavy (non-hydrogen) atoms. The summed E-state index contributed by atoms with van der Waals surface area (Å²) in [6.45, 7) is 1.65. The summed E-state index contributed by atoms with van der Waals surface area (Å²) in [5, 5.41) is 2.62. The predicted molar refractivity (Wildman–Crippen MR) is 126 cm³/mol. The number of sulfonamides is 2. The Balaban J connectivity index is 1.75. The first-order valence-corrected chi connectivity index (χ1v) is 12.6. The van der Waals surface area contributed by atoms with Gasteiger partial charge in [0, 0.05) is 16.9 Å². The third-order valence-electron chi connectivity index (χ3n) is 4.77. The lowest BCUT2D eigenvalue weighted by atomic mass is 10.2. The highest BCUT2D eigenvalue weighted by Gasteiger charge is 2.18. The Labute approximate surface area is 192 Å². The van der Waals surface area contributed by atoms with Gasteiger partial charge in [0.05, 0.1) is 16.9 Å². The molecule has 3 rings (SSSR count). The number of carbonyl (C=O) groups is 1. The van der Waals surface area contributed by atoms with Crippen molar-refractivity contribution >= 4 is 37.3 Å². The molecule has 0 radical (unpaired) electrons. The predicted octanol–water partition coefficient (Wildman–Crippen LogP) is 2.96. The molecule has 0 saturated carbocycles. The van der Waals surface area contributed by atoms with Crippen LogP contribution in [0.3, 0.4) is 0 Å². The number of benzene rings is 3. The highest BCUT2D eigenvalue weighted by Crippen LogP contribution is 2.22. The first-order chi connectivity index (χ1) is 15.6. The molecule has 0 heterocycles. The van der Waals surface area contributed by atoms with Crippen molar-refractivity contribution in [3.05, 3.63) is 77.9 Å². The summed E-state index contributed by atoms with van der Waals surface area (Å²) in [7, 11) is -4.73. The molecular weight excluding hydrogens is 466 g/mol. The Hall–Kier alpha value is -3.41. The van der Waals surface area contributed by atoms with Crippen molar-refractivity contribution in [2.24, 2.45) is 0 Å². The van der Waals surface area contributed by atoms with Gasteiger partial charge in [0.15, 0.2) is 0 Å². The third-order valence-corrected chi connectivity index (χ3v) is 7.73. The van der Waals surface area contributed by atoms with Crippen molar-refractivity contribution in [3.63, 3.8) is 0 Å². The zero-order chi connectivity index (χ0) is 24.2. The number of nitrogens with one attached hydrogen (secondary N) is 3. The minimum Gasteiger partial charge on any atom is -0.497 e. The number of rotatable bonds is 8. The van der Waals surface area contributed by atoms with Gasteiger partial charge >= 0.3 is 0 Å². The topological polar surface area (TPSA) is 131 Å². The Kier molecular flexibility index (Phi) is 7.06. The Morgan fingerprint density at radius 2 is 1.42 bits per heavy atom. The number of hydrogen-bond donors (Lipinski definition) is 3. The van der Waals surface area contributed by atoms with E-state index in [1.807, 2.05) is 0 Å². The highest BCUT2D eigenvalue weighted by molar-refractivity contribution is 7.92. The molecule has 174 valence electrons. The van der Waals surface area contributed by atoms with Crippen LogP contribution in [-0.2, 0) is 20.0 Å². The molecule has 9 nitrogen and oxygen atoms in total. The monoisotopic (exact) mass is 489 g/mol. The van der Waals surface area contributed by atoms with E-state index in [2.05, 4.69) is 14.8 Å². The van der Waals surface area contributed by atoms with Gasteiger partial charge in [0.25, 0.3) is 15.9 Å². The van der Waals surface area contributed by atoms with Crippen LogP contribution in [0.1, 0.15) is 15.9 Å². The van der Waals surface area contributed by atoms with E-state index >= 15 is 0 Å². The summed E-state index contributed by atoms with van der Waals surface area (Å²) >= 11 is 0. The Morgan fingerprint density at radius 3 is 2.00 bits per heavy atom. The van der Waals surface area contributed by atoms with Crippen LogP contribution in [0.2, 0.25) is 0 Å². The zero-order valence-corrected chi connectivity index (χ0v) is 19.7. The summed E-state index contributed by atoms with van der Waals surface area (Å²) in [6.07, 6.45) is 0. The molecule has 0 aliphatic carbocycles. The van der Waals surface area contributed by atoms with Gasteiger partial charge in [-0.05, 0) is 80.2 Å². The van der Waals surface area contributed by atoms with Crippen LogP contribution in [0.25, 0.3) is 0 Å². The van der Waals surface area contributed by atoms with E-state index in [0.717, 1.165) is 0 Å². The molecule has 0 aromatic heterocycles. The molecule has 0 aliphatic rings. The Bertz CT molecular complexity index is 1370. The number of amides is 1. The highest BCUT2D eigenvalue weighted by atomic mass is 32.2. The number of ether oxygens (including phenoxy) is 1. The first kappa shape index (κ1) is 24.2. The molecule has 0 unspecified atom stereocenters. The maximum atomic E-state index is 12.6. The second-order valence-electron chi connectivity index (χ2n) is 7.00. The SMILES string of the molecule is CNS(=O)(=O)c1cc(NC(=O)c2ccc(S(=O)(=O)Nc3ccc(OC)cc3)cc2)ccc1C. The minimum absolute atomic E-state index is 0.0207. The zero-order valence-electron chi connectivity index (χ0n) is 18.1. The minimum atomic E-state index is -3.86. The van der Waals surface area contributed by atoms with Gasteiger partial charge in [0.1, 0.15) is 5.75 Å². The van der Waals surface area contributed by atoms with Gasteiger partial charge in [0.2, 0.25) is 10.0 Å². The van der Waals surface area contributed by atoms with Crippen LogP contribution in [0.4, 0.5) is 11.4 Å². The molecule has 0 atom stereocenters. The maximum Gasteiger partial charge on any atom is 0.261 e. The smallest absolute Gasteiger partial charge is 0.261 e. The van der Waals surface area contributed by atoms with Crippen LogP contribution < -0.4 is 19.5 Å². The summed E-state index contributed by atoms with van der Waals surface area (Å²) in [4.78, 5) is 12.6. The van der Waals surface area contributed by atoms with Crippen molar-refractivity contribution in [3.8, 4) is 5.75 Å². The van der Waals surface area contributed by atoms with Gasteiger partial charge in [-0.3, -0.25) is 9.52 Å². The third kappa shape index (κ3) is 5.69. The van der Waals surface area contributed by atoms with Crippen LogP contribution in [0.15, 0.2) is 76.5 Å². The molecule has 0 spiro atoms. The second kappa shape index (κ2) is 9.61. The summed E-state index contributed by atoms with van der Waals surface area (Å²) in [5.74, 6) is 0.0799. The van der Waals surface area contributed by atoms with Crippen molar-refractivity contribution in [1.82, 2.24) is 4.72 Å². The molecule has 0 aliphatic heterocycles. The van der Waals surface area contributed by atoms with Gasteiger partial charge < -0.3 is 10.1 Å². The van der Waals surface area contributed by atoms with E-state index in [-0.39, 0.29) is 21.0 Å². The van der Waals surface area contributed by atoms with E-state index < -0.39 is 26.0 Å². The molecule has 3 aromatic rings. The normalized spacial score (nSPS) is 11.6. The summed E-state index contributed by atoms with van der Waals surface area (Å²) in [6, 6.07) is 16.3. The number of methoxy groups -OCH3 is 1. The lowest BCUT2D eigenvalue weighted by Gasteiger charge is -2.11. The van der Waals surface area contributed by atoms with E-state index in [4.69, 9.17) is 4.74 Å². The fraction of sp³-hybridized carbons (Fsp3) is 0.136. The number of hydrogen-bond acceptors (Lipinski definition) is 6. The lowest BCUT2D eigenvalue weighted by molar-refractivity contribution is 0.102. The molecule has 0 saturated heterocycles. The summed E-state index contributed by atoms with van der Waals surface area (Å²) in [5.41, 5.74) is 1.39. The first-order valence-electron chi connectivity index (χ1n) is 9.68. The van der Waals surface area contributed by atoms with Crippen LogP contribution in [0, 0.1) is 6.92 Å². The number of carbonyl (C=O) groups excluding carboxylic acids is 1. The van der Waals surface area contributed by atoms with Gasteiger partial charge in [-0.2, -0.15) is 0 Å². The number of aryl methyl sites for hydroxylation is 1. The van der Waals surface area contributed by atoms with E-state index in [1.54, 1.807) is 43.3 Å². The molecule has 1 amide bonds. The fourth-order valence-electron chi connectivity index (χ4n) is 2.94. The fourth-order valence-corrected chi connectivity index (χ4v) is 4.99. The van der Waals surface area contributed by atoms with Crippen LogP contribution in [0.5, 0.6) is 5.75 Å². The Morgan fingerprint density at radius 1 is 0.818 bits per heavy atom. The average Bonchev–Trinajstić information content (AvgIpc) is 2.80. The molecule has 3 aromatic carbocycles. The van der Waals surface area contributed by atoms with E-state index in [1.165, 1.54) is 44.5 Å². The van der Waals surface area contributed by atoms with E-state index in [9.17, 15) is 21.6 Å². The average molecular weight is 490 g/mol. The van der Waals surface area contributed by atoms with Crippen LogP contribution in [-0.4, -0.2) is 36.9 Å². The van der Waals surface area contributed by atoms with Crippen molar-refractivity contribution < 1.29 is 26.4 Å². The van der Waals surface area contributed by atoms with Crippen molar-refractivity contribution in [1.29, 1.82) is 0 Å². The standard InChI is InChI=1S/C22H23N3O6S2/c1-15-4-7-18(14-21(15)33(29,30)23-2)24-22(26)16-5-12-20(13-6-16)32(27,28)25-17-8-10-19(31-3)11-9-17/h4-14,23,25H,1-3H3,(H,24,26). The number of anilines is 2. The summed E-state index contributed by atoms with van der Waals surface area (Å²) < 4.78 is 59.2. The molecule has 0 bridgehead atoms. The molecule has 0 fully saturated rings. The molecule has 3 N–H and O–H groups in total. The second-order valence-corrected chi connectivity index (χ2v) is 10.5.